The van der Waals surface area contributed by atoms with Crippen molar-refractivity contribution >= 4 is 34.7 Å². The van der Waals surface area contributed by atoms with Crippen LogP contribution in [0.3, 0.4) is 0 Å². The van der Waals surface area contributed by atoms with Gasteiger partial charge in [-0.05, 0) is 59.3 Å². The molecular weight excluding hydrogens is 584 g/mol. The van der Waals surface area contributed by atoms with Crippen molar-refractivity contribution in [3.8, 4) is 23.1 Å². The van der Waals surface area contributed by atoms with Gasteiger partial charge in [0.2, 0.25) is 10.6 Å². The fourth-order valence-corrected chi connectivity index (χ4v) is 5.34. The fourth-order valence-electron chi connectivity index (χ4n) is 4.35. The second kappa shape index (κ2) is 13.9. The third-order valence-corrected chi connectivity index (χ3v) is 7.90. The zero-order valence-electron chi connectivity index (χ0n) is 24.1. The molecule has 5 rings (SSSR count). The highest BCUT2D eigenvalue weighted by Gasteiger charge is 2.55. The average molecular weight is 615 g/mol. The van der Waals surface area contributed by atoms with Crippen molar-refractivity contribution in [2.75, 3.05) is 32.2 Å². The van der Waals surface area contributed by atoms with Crippen molar-refractivity contribution in [1.29, 1.82) is 0 Å². The van der Waals surface area contributed by atoms with E-state index < -0.39 is 21.9 Å². The van der Waals surface area contributed by atoms with E-state index in [1.807, 2.05) is 42.3 Å². The first-order valence-corrected chi connectivity index (χ1v) is 14.5. The number of aromatic nitrogens is 2. The van der Waals surface area contributed by atoms with Gasteiger partial charge in [0.05, 0.1) is 13.7 Å². The molecule has 1 aliphatic rings. The van der Waals surface area contributed by atoms with Crippen LogP contribution in [0, 0.1) is 0 Å². The van der Waals surface area contributed by atoms with Crippen LogP contribution in [-0.4, -0.2) is 59.1 Å². The monoisotopic (exact) mass is 614 g/mol. The first-order valence-electron chi connectivity index (χ1n) is 13.7. The normalized spacial score (nSPS) is 15.8. The number of imide groups is 1. The van der Waals surface area contributed by atoms with Crippen LogP contribution < -0.4 is 24.4 Å². The Labute approximate surface area is 258 Å². The second-order valence-electron chi connectivity index (χ2n) is 9.82. The maximum absolute atomic E-state index is 13.1. The number of thioether (sulfide) groups is 1. The van der Waals surface area contributed by atoms with E-state index in [1.54, 1.807) is 61.7 Å². The molecule has 1 N–H and O–H groups in total. The maximum Gasteiger partial charge on any atom is 0.333 e. The third-order valence-electron chi connectivity index (χ3n) is 6.76. The molecule has 1 aromatic heterocycles. The Balaban J connectivity index is 1.15. The van der Waals surface area contributed by atoms with E-state index in [2.05, 4.69) is 15.3 Å². The SMILES string of the molecule is COc1ccc(Oc2cc(N(C)CCOc3ccc(C[C@@]4(C(=O)OCc5ccccc5)SC(=O)NC4=O)cc3)ncn2)cc1. The fraction of sp³-hybridized carbons (Fsp3) is 0.219. The van der Waals surface area contributed by atoms with Crippen LogP contribution in [0.2, 0.25) is 0 Å². The highest BCUT2D eigenvalue weighted by molar-refractivity contribution is 8.16. The Morgan fingerprint density at radius 3 is 2.30 bits per heavy atom. The number of anilines is 1. The number of amides is 2. The number of rotatable bonds is 13. The Morgan fingerprint density at radius 2 is 1.61 bits per heavy atom. The van der Waals surface area contributed by atoms with Crippen LogP contribution in [0.5, 0.6) is 23.1 Å². The predicted molar refractivity (Wildman–Crippen MR) is 164 cm³/mol. The van der Waals surface area contributed by atoms with Crippen molar-refractivity contribution in [3.05, 3.63) is 102 Å². The third kappa shape index (κ3) is 7.45. The van der Waals surface area contributed by atoms with E-state index in [4.69, 9.17) is 18.9 Å². The van der Waals surface area contributed by atoms with E-state index >= 15 is 0 Å². The number of methoxy groups -OCH3 is 1. The molecule has 12 heteroatoms. The van der Waals surface area contributed by atoms with Gasteiger partial charge in [0, 0.05) is 19.5 Å². The van der Waals surface area contributed by atoms with Crippen LogP contribution in [0.4, 0.5) is 10.6 Å². The molecule has 0 unspecified atom stereocenters. The summed E-state index contributed by atoms with van der Waals surface area (Å²) < 4.78 is 20.7. The van der Waals surface area contributed by atoms with Gasteiger partial charge in [-0.2, -0.15) is 0 Å². The molecule has 2 amide bonds. The Morgan fingerprint density at radius 1 is 0.909 bits per heavy atom. The minimum atomic E-state index is -1.70. The summed E-state index contributed by atoms with van der Waals surface area (Å²) in [5, 5.41) is 1.64. The Hall–Kier alpha value is -5.10. The molecule has 1 saturated heterocycles. The number of esters is 1. The van der Waals surface area contributed by atoms with E-state index in [1.165, 1.54) is 6.33 Å². The molecule has 1 atom stereocenters. The molecule has 0 aliphatic carbocycles. The van der Waals surface area contributed by atoms with Gasteiger partial charge in [0.1, 0.15) is 42.6 Å². The quantitative estimate of drug-likeness (QED) is 0.165. The zero-order chi connectivity index (χ0) is 30.9. The van der Waals surface area contributed by atoms with E-state index in [0.717, 1.165) is 11.3 Å². The number of hydrogen-bond donors (Lipinski definition) is 1. The van der Waals surface area contributed by atoms with Gasteiger partial charge in [-0.1, -0.05) is 42.5 Å². The second-order valence-corrected chi connectivity index (χ2v) is 11.1. The van der Waals surface area contributed by atoms with E-state index in [9.17, 15) is 14.4 Å². The maximum atomic E-state index is 13.1. The van der Waals surface area contributed by atoms with E-state index in [0.29, 0.717) is 53.7 Å². The highest BCUT2D eigenvalue weighted by atomic mass is 32.2. The lowest BCUT2D eigenvalue weighted by Crippen LogP contribution is -2.46. The topological polar surface area (TPSA) is 129 Å². The number of nitrogens with one attached hydrogen (secondary N) is 1. The summed E-state index contributed by atoms with van der Waals surface area (Å²) in [6.45, 7) is 0.879. The van der Waals surface area contributed by atoms with Crippen molar-refractivity contribution in [1.82, 2.24) is 15.3 Å². The minimum Gasteiger partial charge on any atom is -0.497 e. The molecule has 1 aliphatic heterocycles. The lowest BCUT2D eigenvalue weighted by molar-refractivity contribution is -0.150. The molecule has 3 aromatic carbocycles. The Bertz CT molecular complexity index is 1600. The van der Waals surface area contributed by atoms with Gasteiger partial charge < -0.3 is 23.8 Å². The molecule has 44 heavy (non-hydrogen) atoms. The molecule has 2 heterocycles. The summed E-state index contributed by atoms with van der Waals surface area (Å²) in [5.74, 6) is 1.58. The molecule has 0 spiro atoms. The molecule has 226 valence electrons. The van der Waals surface area contributed by atoms with E-state index in [-0.39, 0.29) is 13.0 Å². The van der Waals surface area contributed by atoms with Crippen LogP contribution in [0.1, 0.15) is 11.1 Å². The number of hydrogen-bond acceptors (Lipinski definition) is 11. The summed E-state index contributed by atoms with van der Waals surface area (Å²) in [6.07, 6.45) is 1.42. The summed E-state index contributed by atoms with van der Waals surface area (Å²) in [5.41, 5.74) is 1.45. The first-order chi connectivity index (χ1) is 21.3. The van der Waals surface area contributed by atoms with Crippen LogP contribution in [-0.2, 0) is 27.4 Å². The summed E-state index contributed by atoms with van der Waals surface area (Å²) in [4.78, 5) is 48.4. The van der Waals surface area contributed by atoms with Gasteiger partial charge in [0.15, 0.2) is 0 Å². The number of nitrogens with zero attached hydrogens (tertiary/aromatic N) is 3. The van der Waals surface area contributed by atoms with Gasteiger partial charge >= 0.3 is 5.97 Å². The van der Waals surface area contributed by atoms with Crippen LogP contribution in [0.15, 0.2) is 91.3 Å². The molecule has 0 radical (unpaired) electrons. The number of carbonyl (C=O) groups is 3. The summed E-state index contributed by atoms with van der Waals surface area (Å²) >= 11 is 0.646. The standard InChI is InChI=1S/C32H30N4O7S/c1-36(27-18-28(34-21-33-27)43-26-14-12-24(40-2)13-15-26)16-17-41-25-10-8-22(9-11-25)19-32(29(37)35-31(39)44-32)30(38)42-20-23-6-4-3-5-7-23/h3-15,18,21H,16-17,19-20H2,1-2H3,(H,35,37,39)/t32-/m1/s1. The zero-order valence-corrected chi connectivity index (χ0v) is 24.9. The number of benzene rings is 3. The lowest BCUT2D eigenvalue weighted by Gasteiger charge is -2.22. The van der Waals surface area contributed by atoms with Crippen molar-refractivity contribution in [2.24, 2.45) is 0 Å². The molecule has 4 aromatic rings. The molecule has 11 nitrogen and oxygen atoms in total. The summed E-state index contributed by atoms with van der Waals surface area (Å²) in [7, 11) is 3.49. The van der Waals surface area contributed by atoms with Crippen molar-refractivity contribution in [2.45, 2.75) is 17.8 Å². The largest absolute Gasteiger partial charge is 0.497 e. The molecule has 1 fully saturated rings. The number of carbonyl (C=O) groups excluding carboxylic acids is 3. The molecule has 0 saturated carbocycles. The van der Waals surface area contributed by atoms with Crippen molar-refractivity contribution in [3.63, 3.8) is 0 Å². The average Bonchev–Trinajstić information content (AvgIpc) is 3.34. The first kappa shape index (κ1) is 30.4. The summed E-state index contributed by atoms with van der Waals surface area (Å²) in [6, 6.07) is 25.1. The lowest BCUT2D eigenvalue weighted by atomic mass is 9.97. The Kier molecular flexibility index (Phi) is 9.60. The number of likely N-dealkylation sites (N-methyl/N-ethyl adjacent to an activating group) is 1. The van der Waals surface area contributed by atoms with Gasteiger partial charge in [0.25, 0.3) is 11.1 Å². The highest BCUT2D eigenvalue weighted by Crippen LogP contribution is 2.37. The smallest absolute Gasteiger partial charge is 0.333 e. The van der Waals surface area contributed by atoms with Gasteiger partial charge in [-0.15, -0.1) is 0 Å². The van der Waals surface area contributed by atoms with Crippen LogP contribution >= 0.6 is 11.8 Å². The number of ether oxygens (including phenoxy) is 4. The van der Waals surface area contributed by atoms with Crippen molar-refractivity contribution < 1.29 is 33.3 Å². The van der Waals surface area contributed by atoms with Gasteiger partial charge in [-0.25, -0.2) is 14.8 Å². The molecular formula is C32H30N4O7S. The predicted octanol–water partition coefficient (Wildman–Crippen LogP) is 4.80. The minimum absolute atomic E-state index is 0.00328. The molecule has 0 bridgehead atoms. The van der Waals surface area contributed by atoms with Gasteiger partial charge in [-0.3, -0.25) is 14.9 Å². The van der Waals surface area contributed by atoms with Crippen LogP contribution in [0.25, 0.3) is 0 Å².